The van der Waals surface area contributed by atoms with Gasteiger partial charge in [0, 0.05) is 16.9 Å². The van der Waals surface area contributed by atoms with Gasteiger partial charge in [-0.3, -0.25) is 9.89 Å². The van der Waals surface area contributed by atoms with Crippen LogP contribution in [0, 0.1) is 6.92 Å². The Morgan fingerprint density at radius 2 is 1.82 bits per heavy atom. The fourth-order valence-electron chi connectivity index (χ4n) is 2.22. The lowest BCUT2D eigenvalue weighted by Gasteiger charge is -2.03. The zero-order valence-electron chi connectivity index (χ0n) is 12.3. The normalized spacial score (nSPS) is 10.4. The molecule has 0 unspecified atom stereocenters. The second-order valence-corrected chi connectivity index (χ2v) is 5.24. The molecule has 0 saturated heterocycles. The number of benzene rings is 2. The third-order valence-electron chi connectivity index (χ3n) is 3.39. The molecular weight excluding hydrogens is 274 g/mol. The third kappa shape index (κ3) is 3.41. The van der Waals surface area contributed by atoms with Crippen LogP contribution in [0.5, 0.6) is 0 Å². The summed E-state index contributed by atoms with van der Waals surface area (Å²) in [5, 5.41) is 10.1. The van der Waals surface area contributed by atoms with E-state index < -0.39 is 0 Å². The summed E-state index contributed by atoms with van der Waals surface area (Å²) in [6, 6.07) is 19.5. The Labute approximate surface area is 129 Å². The molecule has 110 valence electrons. The minimum Gasteiger partial charge on any atom is -0.326 e. The maximum absolute atomic E-state index is 12.0. The minimum absolute atomic E-state index is 0.0645. The summed E-state index contributed by atoms with van der Waals surface area (Å²) in [6.45, 7) is 2.05. The number of para-hydroxylation sites is 1. The molecule has 3 rings (SSSR count). The highest BCUT2D eigenvalue weighted by Gasteiger charge is 2.08. The number of aromatic nitrogens is 2. The zero-order chi connectivity index (χ0) is 15.4. The van der Waals surface area contributed by atoms with E-state index in [0.717, 1.165) is 22.6 Å². The van der Waals surface area contributed by atoms with Crippen molar-refractivity contribution in [1.29, 1.82) is 0 Å². The van der Waals surface area contributed by atoms with Crippen molar-refractivity contribution in [1.82, 2.24) is 10.2 Å². The predicted molar refractivity (Wildman–Crippen MR) is 87.5 cm³/mol. The Bertz CT molecular complexity index is 761. The number of rotatable bonds is 4. The SMILES string of the molecule is Cc1ccc(-c2cc(CC(=O)Nc3ccccc3)[nH]n2)cc1. The maximum Gasteiger partial charge on any atom is 0.230 e. The lowest BCUT2D eigenvalue weighted by atomic mass is 10.1. The highest BCUT2D eigenvalue weighted by atomic mass is 16.1. The smallest absolute Gasteiger partial charge is 0.230 e. The van der Waals surface area contributed by atoms with Crippen molar-refractivity contribution in [3.63, 3.8) is 0 Å². The van der Waals surface area contributed by atoms with Crippen LogP contribution in [0.4, 0.5) is 5.69 Å². The molecule has 0 aliphatic carbocycles. The van der Waals surface area contributed by atoms with Crippen LogP contribution in [0.15, 0.2) is 60.7 Å². The number of aryl methyl sites for hydroxylation is 1. The number of carbonyl (C=O) groups is 1. The fraction of sp³-hybridized carbons (Fsp3) is 0.111. The molecule has 2 aromatic carbocycles. The van der Waals surface area contributed by atoms with Crippen molar-refractivity contribution in [2.24, 2.45) is 0 Å². The van der Waals surface area contributed by atoms with Crippen molar-refractivity contribution in [2.45, 2.75) is 13.3 Å². The Kier molecular flexibility index (Phi) is 4.01. The lowest BCUT2D eigenvalue weighted by Crippen LogP contribution is -2.14. The van der Waals surface area contributed by atoms with Crippen LogP contribution >= 0.6 is 0 Å². The van der Waals surface area contributed by atoms with Crippen molar-refractivity contribution >= 4 is 11.6 Å². The summed E-state index contributed by atoms with van der Waals surface area (Å²) in [5.41, 5.74) is 4.69. The summed E-state index contributed by atoms with van der Waals surface area (Å²) in [4.78, 5) is 12.0. The monoisotopic (exact) mass is 291 g/mol. The van der Waals surface area contributed by atoms with Crippen molar-refractivity contribution in [3.8, 4) is 11.3 Å². The molecule has 2 N–H and O–H groups in total. The van der Waals surface area contributed by atoms with E-state index in [2.05, 4.69) is 15.5 Å². The fourth-order valence-corrected chi connectivity index (χ4v) is 2.22. The van der Waals surface area contributed by atoms with Crippen molar-refractivity contribution < 1.29 is 4.79 Å². The van der Waals surface area contributed by atoms with E-state index in [0.29, 0.717) is 0 Å². The van der Waals surface area contributed by atoms with Gasteiger partial charge in [-0.25, -0.2) is 0 Å². The molecule has 4 nitrogen and oxygen atoms in total. The van der Waals surface area contributed by atoms with Gasteiger partial charge in [-0.15, -0.1) is 0 Å². The first-order chi connectivity index (χ1) is 10.7. The molecule has 4 heteroatoms. The second kappa shape index (κ2) is 6.26. The Hall–Kier alpha value is -2.88. The van der Waals surface area contributed by atoms with E-state index in [1.54, 1.807) is 0 Å². The number of amides is 1. The molecule has 3 aromatic rings. The van der Waals surface area contributed by atoms with Gasteiger partial charge in [-0.1, -0.05) is 48.0 Å². The molecule has 0 saturated carbocycles. The summed E-state index contributed by atoms with van der Waals surface area (Å²) in [6.07, 6.45) is 0.272. The van der Waals surface area contributed by atoms with E-state index in [1.807, 2.05) is 67.6 Å². The predicted octanol–water partition coefficient (Wildman–Crippen LogP) is 3.57. The Morgan fingerprint density at radius 3 is 2.55 bits per heavy atom. The molecule has 0 radical (unpaired) electrons. The number of hydrogen-bond donors (Lipinski definition) is 2. The average Bonchev–Trinajstić information content (AvgIpc) is 2.97. The molecule has 1 heterocycles. The molecule has 0 bridgehead atoms. The highest BCUT2D eigenvalue weighted by Crippen LogP contribution is 2.18. The van der Waals surface area contributed by atoms with Crippen LogP contribution in [0.1, 0.15) is 11.3 Å². The van der Waals surface area contributed by atoms with E-state index >= 15 is 0 Å². The highest BCUT2D eigenvalue weighted by molar-refractivity contribution is 5.92. The van der Waals surface area contributed by atoms with E-state index in [-0.39, 0.29) is 12.3 Å². The van der Waals surface area contributed by atoms with Crippen LogP contribution in [0.3, 0.4) is 0 Å². The van der Waals surface area contributed by atoms with E-state index in [9.17, 15) is 4.79 Å². The first-order valence-corrected chi connectivity index (χ1v) is 7.17. The number of nitrogens with one attached hydrogen (secondary N) is 2. The van der Waals surface area contributed by atoms with Gasteiger partial charge in [0.05, 0.1) is 12.1 Å². The number of aromatic amines is 1. The van der Waals surface area contributed by atoms with Crippen LogP contribution in [0.25, 0.3) is 11.3 Å². The number of anilines is 1. The molecule has 0 spiro atoms. The molecule has 0 aliphatic rings. The van der Waals surface area contributed by atoms with Crippen LogP contribution in [-0.2, 0) is 11.2 Å². The molecule has 1 amide bonds. The number of hydrogen-bond acceptors (Lipinski definition) is 2. The summed E-state index contributed by atoms with van der Waals surface area (Å²) >= 11 is 0. The number of H-pyrrole nitrogens is 1. The molecule has 0 aliphatic heterocycles. The molecular formula is C18H17N3O. The number of carbonyl (C=O) groups excluding carboxylic acids is 1. The first kappa shape index (κ1) is 14.1. The van der Waals surface area contributed by atoms with Gasteiger partial charge >= 0.3 is 0 Å². The van der Waals surface area contributed by atoms with E-state index in [1.165, 1.54) is 5.56 Å². The van der Waals surface area contributed by atoms with Gasteiger partial charge in [-0.05, 0) is 25.1 Å². The van der Waals surface area contributed by atoms with E-state index in [4.69, 9.17) is 0 Å². The maximum atomic E-state index is 12.0. The van der Waals surface area contributed by atoms with Crippen molar-refractivity contribution in [3.05, 3.63) is 71.9 Å². The molecule has 0 fully saturated rings. The Morgan fingerprint density at radius 1 is 1.09 bits per heavy atom. The standard InChI is InChI=1S/C18H17N3O/c1-13-7-9-14(10-8-13)17-11-16(20-21-17)12-18(22)19-15-5-3-2-4-6-15/h2-11H,12H2,1H3,(H,19,22)(H,20,21). The Balaban J connectivity index is 1.66. The zero-order valence-corrected chi connectivity index (χ0v) is 12.3. The topological polar surface area (TPSA) is 57.8 Å². The summed E-state index contributed by atoms with van der Waals surface area (Å²) in [5.74, 6) is -0.0645. The first-order valence-electron chi connectivity index (χ1n) is 7.17. The minimum atomic E-state index is -0.0645. The van der Waals surface area contributed by atoms with Gasteiger partial charge in [0.25, 0.3) is 0 Å². The van der Waals surface area contributed by atoms with Gasteiger partial charge < -0.3 is 5.32 Å². The molecule has 1 aromatic heterocycles. The van der Waals surface area contributed by atoms with Gasteiger partial charge in [0.15, 0.2) is 0 Å². The largest absolute Gasteiger partial charge is 0.326 e. The average molecular weight is 291 g/mol. The summed E-state index contributed by atoms with van der Waals surface area (Å²) in [7, 11) is 0. The lowest BCUT2D eigenvalue weighted by molar-refractivity contribution is -0.115. The van der Waals surface area contributed by atoms with Crippen LogP contribution < -0.4 is 5.32 Å². The number of nitrogens with zero attached hydrogens (tertiary/aromatic N) is 1. The van der Waals surface area contributed by atoms with Gasteiger partial charge in [-0.2, -0.15) is 5.10 Å². The van der Waals surface area contributed by atoms with Gasteiger partial charge in [0.1, 0.15) is 0 Å². The second-order valence-electron chi connectivity index (χ2n) is 5.24. The third-order valence-corrected chi connectivity index (χ3v) is 3.39. The summed E-state index contributed by atoms with van der Waals surface area (Å²) < 4.78 is 0. The molecule has 22 heavy (non-hydrogen) atoms. The van der Waals surface area contributed by atoms with Crippen molar-refractivity contribution in [2.75, 3.05) is 5.32 Å². The van der Waals surface area contributed by atoms with Gasteiger partial charge in [0.2, 0.25) is 5.91 Å². The molecule has 0 atom stereocenters. The van der Waals surface area contributed by atoms with Crippen LogP contribution in [-0.4, -0.2) is 16.1 Å². The van der Waals surface area contributed by atoms with Crippen LogP contribution in [0.2, 0.25) is 0 Å². The quantitative estimate of drug-likeness (QED) is 0.772.